The molecule has 1 aromatic heterocycles. The monoisotopic (exact) mass is 293 g/mol. The molecule has 0 N–H and O–H groups in total. The maximum absolute atomic E-state index is 11.9. The van der Waals surface area contributed by atoms with E-state index in [9.17, 15) is 4.79 Å². The lowest BCUT2D eigenvalue weighted by Crippen LogP contribution is -2.43. The number of likely N-dealkylation sites (tertiary alicyclic amines) is 1. The van der Waals surface area contributed by atoms with Crippen LogP contribution in [0.25, 0.3) is 0 Å². The van der Waals surface area contributed by atoms with E-state index in [1.165, 1.54) is 25.9 Å². The highest BCUT2D eigenvalue weighted by molar-refractivity contribution is 7.17. The molecule has 2 heterocycles. The van der Waals surface area contributed by atoms with Crippen molar-refractivity contribution >= 4 is 22.3 Å². The summed E-state index contributed by atoms with van der Waals surface area (Å²) in [6.45, 7) is 5.73. The zero-order valence-corrected chi connectivity index (χ0v) is 13.2. The van der Waals surface area contributed by atoms with Gasteiger partial charge in [-0.25, -0.2) is 4.98 Å². The second kappa shape index (κ2) is 5.82. The highest BCUT2D eigenvalue weighted by atomic mass is 32.1. The Labute approximate surface area is 124 Å². The summed E-state index contributed by atoms with van der Waals surface area (Å²) in [6, 6.07) is 0.570. The molecular formula is C15H23N3OS. The van der Waals surface area contributed by atoms with Crippen LogP contribution in [0.3, 0.4) is 0 Å². The number of anilines is 1. The van der Waals surface area contributed by atoms with Crippen LogP contribution in [0.5, 0.6) is 0 Å². The molecular weight excluding hydrogens is 270 g/mol. The number of rotatable bonds is 3. The first-order valence-corrected chi connectivity index (χ1v) is 8.48. The molecule has 1 aliphatic heterocycles. The Balaban J connectivity index is 1.71. The Morgan fingerprint density at radius 3 is 2.75 bits per heavy atom. The summed E-state index contributed by atoms with van der Waals surface area (Å²) >= 11 is 1.60. The van der Waals surface area contributed by atoms with E-state index in [1.54, 1.807) is 11.3 Å². The number of nitrogens with zero attached hydrogens (tertiary/aromatic N) is 3. The SMILES string of the molecule is CCN1CCC(N(C)c2nc3c(s2)C(=O)CCC3)CC1. The van der Waals surface area contributed by atoms with Crippen LogP contribution in [0, 0.1) is 0 Å². The molecule has 1 aromatic rings. The molecule has 0 amide bonds. The molecule has 0 saturated carbocycles. The van der Waals surface area contributed by atoms with Crippen molar-refractivity contribution in [1.82, 2.24) is 9.88 Å². The Hall–Kier alpha value is -0.940. The van der Waals surface area contributed by atoms with Gasteiger partial charge in [-0.1, -0.05) is 18.3 Å². The Morgan fingerprint density at radius 1 is 1.35 bits per heavy atom. The fourth-order valence-corrected chi connectivity index (χ4v) is 4.30. The average molecular weight is 293 g/mol. The van der Waals surface area contributed by atoms with Gasteiger partial charge in [-0.2, -0.15) is 0 Å². The van der Waals surface area contributed by atoms with Crippen molar-refractivity contribution in [3.8, 4) is 0 Å². The van der Waals surface area contributed by atoms with Crippen molar-refractivity contribution in [2.24, 2.45) is 0 Å². The van der Waals surface area contributed by atoms with Gasteiger partial charge in [0, 0.05) is 32.6 Å². The minimum absolute atomic E-state index is 0.296. The van der Waals surface area contributed by atoms with Crippen LogP contribution in [0.15, 0.2) is 0 Å². The molecule has 2 aliphatic rings. The fourth-order valence-electron chi connectivity index (χ4n) is 3.19. The van der Waals surface area contributed by atoms with Gasteiger partial charge in [0.05, 0.1) is 10.6 Å². The molecule has 4 nitrogen and oxygen atoms in total. The van der Waals surface area contributed by atoms with E-state index in [-0.39, 0.29) is 0 Å². The van der Waals surface area contributed by atoms with Crippen molar-refractivity contribution in [1.29, 1.82) is 0 Å². The average Bonchev–Trinajstić information content (AvgIpc) is 2.92. The standard InChI is InChI=1S/C15H23N3OS/c1-3-18-9-7-11(8-10-18)17(2)15-16-12-5-4-6-13(19)14(12)20-15/h11H,3-10H2,1-2H3. The number of ketones is 1. The van der Waals surface area contributed by atoms with Gasteiger partial charge in [-0.3, -0.25) is 4.79 Å². The zero-order chi connectivity index (χ0) is 14.1. The van der Waals surface area contributed by atoms with Gasteiger partial charge in [-0.05, 0) is 32.2 Å². The zero-order valence-electron chi connectivity index (χ0n) is 12.4. The van der Waals surface area contributed by atoms with Crippen LogP contribution in [0.1, 0.15) is 48.0 Å². The number of hydrogen-bond donors (Lipinski definition) is 0. The second-order valence-electron chi connectivity index (χ2n) is 5.83. The van der Waals surface area contributed by atoms with Crippen molar-refractivity contribution < 1.29 is 4.79 Å². The predicted octanol–water partition coefficient (Wildman–Crippen LogP) is 2.58. The minimum atomic E-state index is 0.296. The molecule has 0 unspecified atom stereocenters. The van der Waals surface area contributed by atoms with E-state index in [2.05, 4.69) is 23.8 Å². The summed E-state index contributed by atoms with van der Waals surface area (Å²) in [4.78, 5) is 22.4. The largest absolute Gasteiger partial charge is 0.348 e. The molecule has 0 bridgehead atoms. The van der Waals surface area contributed by atoms with Gasteiger partial charge in [0.1, 0.15) is 0 Å². The first kappa shape index (κ1) is 14.0. The van der Waals surface area contributed by atoms with Gasteiger partial charge in [0.2, 0.25) is 0 Å². The highest BCUT2D eigenvalue weighted by Crippen LogP contribution is 2.33. The smallest absolute Gasteiger partial charge is 0.186 e. The normalized spacial score (nSPS) is 21.0. The lowest BCUT2D eigenvalue weighted by molar-refractivity contribution is 0.0976. The number of carbonyl (C=O) groups excluding carboxylic acids is 1. The van der Waals surface area contributed by atoms with E-state index in [0.29, 0.717) is 18.2 Å². The summed E-state index contributed by atoms with van der Waals surface area (Å²) in [7, 11) is 2.14. The first-order valence-electron chi connectivity index (χ1n) is 7.67. The number of Topliss-reactive ketones (excluding diaryl/α,β-unsaturated/α-hetero) is 1. The maximum Gasteiger partial charge on any atom is 0.186 e. The van der Waals surface area contributed by atoms with E-state index < -0.39 is 0 Å². The number of aromatic nitrogens is 1. The van der Waals surface area contributed by atoms with E-state index >= 15 is 0 Å². The molecule has 20 heavy (non-hydrogen) atoms. The summed E-state index contributed by atoms with van der Waals surface area (Å²) < 4.78 is 0. The van der Waals surface area contributed by atoms with Gasteiger partial charge in [0.15, 0.2) is 10.9 Å². The van der Waals surface area contributed by atoms with Crippen molar-refractivity contribution in [2.45, 2.75) is 45.1 Å². The minimum Gasteiger partial charge on any atom is -0.348 e. The summed E-state index contributed by atoms with van der Waals surface area (Å²) in [5, 5.41) is 1.04. The van der Waals surface area contributed by atoms with Gasteiger partial charge >= 0.3 is 0 Å². The topological polar surface area (TPSA) is 36.4 Å². The number of piperidine rings is 1. The Bertz CT molecular complexity index is 491. The third kappa shape index (κ3) is 2.61. The molecule has 3 rings (SSSR count). The van der Waals surface area contributed by atoms with Gasteiger partial charge in [0.25, 0.3) is 0 Å². The van der Waals surface area contributed by atoms with Crippen molar-refractivity contribution in [3.63, 3.8) is 0 Å². The van der Waals surface area contributed by atoms with Crippen molar-refractivity contribution in [2.75, 3.05) is 31.6 Å². The van der Waals surface area contributed by atoms with E-state index in [0.717, 1.165) is 35.1 Å². The molecule has 1 fully saturated rings. The fraction of sp³-hybridized carbons (Fsp3) is 0.733. The molecule has 110 valence electrons. The Morgan fingerprint density at radius 2 is 2.10 bits per heavy atom. The van der Waals surface area contributed by atoms with Crippen LogP contribution in [0.2, 0.25) is 0 Å². The van der Waals surface area contributed by atoms with Gasteiger partial charge < -0.3 is 9.80 Å². The Kier molecular flexibility index (Phi) is 4.08. The first-order chi connectivity index (χ1) is 9.69. The van der Waals surface area contributed by atoms with Crippen LogP contribution in [-0.2, 0) is 6.42 Å². The summed E-state index contributed by atoms with van der Waals surface area (Å²) in [6.07, 6.45) is 5.03. The second-order valence-corrected chi connectivity index (χ2v) is 6.80. The number of hydrogen-bond acceptors (Lipinski definition) is 5. The number of fused-ring (bicyclic) bond motifs is 1. The summed E-state index contributed by atoms with van der Waals surface area (Å²) in [5.41, 5.74) is 1.04. The predicted molar refractivity (Wildman–Crippen MR) is 82.9 cm³/mol. The lowest BCUT2D eigenvalue weighted by atomic mass is 10.0. The van der Waals surface area contributed by atoms with E-state index in [1.807, 2.05) is 0 Å². The molecule has 0 aromatic carbocycles. The molecule has 5 heteroatoms. The van der Waals surface area contributed by atoms with E-state index in [4.69, 9.17) is 4.98 Å². The molecule has 1 saturated heterocycles. The maximum atomic E-state index is 11.9. The molecule has 0 atom stereocenters. The molecule has 1 aliphatic carbocycles. The summed E-state index contributed by atoms with van der Waals surface area (Å²) in [5.74, 6) is 0.296. The quantitative estimate of drug-likeness (QED) is 0.858. The van der Waals surface area contributed by atoms with Crippen molar-refractivity contribution in [3.05, 3.63) is 10.6 Å². The number of carbonyl (C=O) groups is 1. The van der Waals surface area contributed by atoms with Crippen LogP contribution in [0.4, 0.5) is 5.13 Å². The van der Waals surface area contributed by atoms with Gasteiger partial charge in [-0.15, -0.1) is 0 Å². The number of thiazole rings is 1. The molecule has 0 radical (unpaired) electrons. The third-order valence-electron chi connectivity index (χ3n) is 4.61. The number of aryl methyl sites for hydroxylation is 1. The lowest BCUT2D eigenvalue weighted by Gasteiger charge is -2.36. The highest BCUT2D eigenvalue weighted by Gasteiger charge is 2.27. The van der Waals surface area contributed by atoms with Crippen LogP contribution in [-0.4, -0.2) is 48.4 Å². The third-order valence-corrected chi connectivity index (χ3v) is 5.84. The van der Waals surface area contributed by atoms with Crippen LogP contribution >= 0.6 is 11.3 Å². The van der Waals surface area contributed by atoms with Crippen LogP contribution < -0.4 is 4.90 Å². The molecule has 0 spiro atoms.